The highest BCUT2D eigenvalue weighted by Crippen LogP contribution is 2.66. The number of nitro groups is 1. The minimum Gasteiger partial charge on any atom is -0.342 e. The fourth-order valence-electron chi connectivity index (χ4n) is 8.13. The van der Waals surface area contributed by atoms with Gasteiger partial charge in [0.15, 0.2) is 0 Å². The van der Waals surface area contributed by atoms with Crippen molar-refractivity contribution in [3.05, 3.63) is 45.5 Å². The summed E-state index contributed by atoms with van der Waals surface area (Å²) in [4.78, 5) is 25.0. The first kappa shape index (κ1) is 20.7. The third-order valence-corrected chi connectivity index (χ3v) is 9.85. The number of non-ortho nitro benzene ring substituents is 1. The molecule has 5 rings (SSSR count). The number of benzene rings is 1. The van der Waals surface area contributed by atoms with Crippen LogP contribution in [0.1, 0.15) is 70.8 Å². The molecular formula is C26H34N2O3. The summed E-state index contributed by atoms with van der Waals surface area (Å²) < 4.78 is 0. The molecule has 0 radical (unpaired) electrons. The standard InChI is InChI=1S/C26H34N2O3/c1-25-14-12-22-20(9-11-23-26(22,2)15-13-24(29)27(23)3)21(25)10-6-18(25)16-17-4-7-19(8-5-17)28(30)31/h4-5,7-8,16,20-23H,6,9-15H2,1-3H3/b18-16+/t20-,21-,22-,23+,25+,26+/m0/s1. The Kier molecular flexibility index (Phi) is 4.80. The van der Waals surface area contributed by atoms with E-state index in [4.69, 9.17) is 0 Å². The molecular weight excluding hydrogens is 388 g/mol. The molecule has 0 aromatic heterocycles. The summed E-state index contributed by atoms with van der Waals surface area (Å²) in [7, 11) is 2.03. The Labute approximate surface area is 185 Å². The molecule has 0 unspecified atom stereocenters. The molecule has 1 amide bonds. The average Bonchev–Trinajstić information content (AvgIpc) is 3.08. The van der Waals surface area contributed by atoms with Crippen LogP contribution in [0.25, 0.3) is 6.08 Å². The smallest absolute Gasteiger partial charge is 0.269 e. The molecule has 0 bridgehead atoms. The first-order valence-electron chi connectivity index (χ1n) is 12.0. The van der Waals surface area contributed by atoms with Crippen LogP contribution in [-0.2, 0) is 4.79 Å². The van der Waals surface area contributed by atoms with E-state index in [2.05, 4.69) is 24.8 Å². The first-order chi connectivity index (χ1) is 14.7. The van der Waals surface area contributed by atoms with Gasteiger partial charge in [-0.15, -0.1) is 0 Å². The molecule has 3 aliphatic carbocycles. The Bertz CT molecular complexity index is 938. The maximum atomic E-state index is 12.3. The second-order valence-electron chi connectivity index (χ2n) is 11.0. The van der Waals surface area contributed by atoms with Crippen LogP contribution in [0, 0.1) is 38.7 Å². The van der Waals surface area contributed by atoms with Crippen molar-refractivity contribution in [3.8, 4) is 0 Å². The molecule has 1 heterocycles. The Morgan fingerprint density at radius 1 is 1.03 bits per heavy atom. The van der Waals surface area contributed by atoms with Gasteiger partial charge in [0.05, 0.1) is 4.92 Å². The van der Waals surface area contributed by atoms with E-state index in [1.807, 2.05) is 19.2 Å². The molecule has 0 spiro atoms. The highest BCUT2D eigenvalue weighted by Gasteiger charge is 2.60. The Morgan fingerprint density at radius 3 is 2.48 bits per heavy atom. The van der Waals surface area contributed by atoms with Gasteiger partial charge < -0.3 is 4.90 Å². The van der Waals surface area contributed by atoms with Crippen molar-refractivity contribution in [2.45, 2.75) is 71.3 Å². The lowest BCUT2D eigenvalue weighted by molar-refractivity contribution is -0.384. The van der Waals surface area contributed by atoms with Gasteiger partial charge in [0, 0.05) is 31.6 Å². The van der Waals surface area contributed by atoms with Gasteiger partial charge in [0.25, 0.3) is 5.69 Å². The molecule has 4 aliphatic rings. The lowest BCUT2D eigenvalue weighted by Gasteiger charge is -2.61. The predicted molar refractivity (Wildman–Crippen MR) is 121 cm³/mol. The van der Waals surface area contributed by atoms with Crippen molar-refractivity contribution in [1.82, 2.24) is 4.90 Å². The lowest BCUT2D eigenvalue weighted by Crippen LogP contribution is -2.61. The summed E-state index contributed by atoms with van der Waals surface area (Å²) >= 11 is 0. The molecule has 5 nitrogen and oxygen atoms in total. The Hall–Kier alpha value is -2.17. The molecule has 1 aromatic rings. The maximum absolute atomic E-state index is 12.3. The monoisotopic (exact) mass is 422 g/mol. The topological polar surface area (TPSA) is 63.5 Å². The van der Waals surface area contributed by atoms with Crippen molar-refractivity contribution >= 4 is 17.7 Å². The molecule has 3 saturated carbocycles. The number of amides is 1. The van der Waals surface area contributed by atoms with E-state index >= 15 is 0 Å². The van der Waals surface area contributed by atoms with E-state index in [1.54, 1.807) is 12.1 Å². The Morgan fingerprint density at radius 2 is 1.77 bits per heavy atom. The zero-order valence-electron chi connectivity index (χ0n) is 19.0. The van der Waals surface area contributed by atoms with E-state index in [9.17, 15) is 14.9 Å². The molecule has 1 saturated heterocycles. The van der Waals surface area contributed by atoms with Gasteiger partial charge >= 0.3 is 0 Å². The molecule has 4 fully saturated rings. The minimum absolute atomic E-state index is 0.152. The van der Waals surface area contributed by atoms with Crippen molar-refractivity contribution in [1.29, 1.82) is 0 Å². The average molecular weight is 423 g/mol. The van der Waals surface area contributed by atoms with Gasteiger partial charge in [-0.1, -0.05) is 25.5 Å². The number of rotatable bonds is 2. The largest absolute Gasteiger partial charge is 0.342 e. The van der Waals surface area contributed by atoms with Crippen molar-refractivity contribution in [3.63, 3.8) is 0 Å². The summed E-state index contributed by atoms with van der Waals surface area (Å²) in [6.07, 6.45) is 11.3. The van der Waals surface area contributed by atoms with Crippen LogP contribution < -0.4 is 0 Å². The van der Waals surface area contributed by atoms with Gasteiger partial charge in [-0.2, -0.15) is 0 Å². The third-order valence-electron chi connectivity index (χ3n) is 9.85. The summed E-state index contributed by atoms with van der Waals surface area (Å²) in [6, 6.07) is 7.40. The second-order valence-corrected chi connectivity index (χ2v) is 11.0. The van der Waals surface area contributed by atoms with Crippen LogP contribution in [0.5, 0.6) is 0 Å². The maximum Gasteiger partial charge on any atom is 0.269 e. The zero-order valence-corrected chi connectivity index (χ0v) is 19.0. The van der Waals surface area contributed by atoms with Gasteiger partial charge in [0.1, 0.15) is 0 Å². The van der Waals surface area contributed by atoms with Crippen LogP contribution in [0.15, 0.2) is 29.8 Å². The number of piperidine rings is 1. The number of carbonyl (C=O) groups is 1. The molecule has 1 aromatic carbocycles. The van der Waals surface area contributed by atoms with E-state index < -0.39 is 0 Å². The fourth-order valence-corrected chi connectivity index (χ4v) is 8.13. The van der Waals surface area contributed by atoms with E-state index in [0.717, 1.165) is 42.6 Å². The molecule has 166 valence electrons. The Balaban J connectivity index is 1.41. The van der Waals surface area contributed by atoms with Crippen molar-refractivity contribution in [2.75, 3.05) is 7.05 Å². The zero-order chi connectivity index (χ0) is 22.0. The molecule has 5 heteroatoms. The van der Waals surface area contributed by atoms with Crippen LogP contribution >= 0.6 is 0 Å². The van der Waals surface area contributed by atoms with Crippen LogP contribution in [0.2, 0.25) is 0 Å². The van der Waals surface area contributed by atoms with Gasteiger partial charge in [-0.3, -0.25) is 14.9 Å². The van der Waals surface area contributed by atoms with E-state index in [0.29, 0.717) is 18.4 Å². The van der Waals surface area contributed by atoms with Gasteiger partial charge in [-0.05, 0) is 91.2 Å². The molecule has 1 aliphatic heterocycles. The highest BCUT2D eigenvalue weighted by molar-refractivity contribution is 5.77. The fraction of sp³-hybridized carbons (Fsp3) is 0.654. The van der Waals surface area contributed by atoms with Gasteiger partial charge in [-0.25, -0.2) is 0 Å². The van der Waals surface area contributed by atoms with E-state index in [1.165, 1.54) is 31.3 Å². The second kappa shape index (κ2) is 7.18. The third kappa shape index (κ3) is 3.07. The normalized spacial score (nSPS) is 40.9. The van der Waals surface area contributed by atoms with Crippen LogP contribution in [0.4, 0.5) is 5.69 Å². The first-order valence-corrected chi connectivity index (χ1v) is 12.0. The molecule has 31 heavy (non-hydrogen) atoms. The number of hydrogen-bond acceptors (Lipinski definition) is 3. The van der Waals surface area contributed by atoms with Crippen molar-refractivity contribution in [2.24, 2.45) is 28.6 Å². The number of likely N-dealkylation sites (tertiary alicyclic amines) is 1. The van der Waals surface area contributed by atoms with Crippen LogP contribution in [0.3, 0.4) is 0 Å². The minimum atomic E-state index is -0.335. The number of allylic oxidation sites excluding steroid dienone is 1. The highest BCUT2D eigenvalue weighted by atomic mass is 16.6. The van der Waals surface area contributed by atoms with Gasteiger partial charge in [0.2, 0.25) is 5.91 Å². The summed E-state index contributed by atoms with van der Waals surface area (Å²) in [5.41, 5.74) is 3.26. The molecule has 6 atom stereocenters. The van der Waals surface area contributed by atoms with Crippen molar-refractivity contribution < 1.29 is 9.72 Å². The summed E-state index contributed by atoms with van der Waals surface area (Å²) in [5, 5.41) is 11.0. The lowest BCUT2D eigenvalue weighted by atomic mass is 9.47. The number of carbonyl (C=O) groups excluding carboxylic acids is 1. The quantitative estimate of drug-likeness (QED) is 0.444. The number of fused-ring (bicyclic) bond motifs is 5. The summed E-state index contributed by atoms with van der Waals surface area (Å²) in [5.74, 6) is 2.52. The summed E-state index contributed by atoms with van der Waals surface area (Å²) in [6.45, 7) is 4.95. The number of hydrogen-bond donors (Lipinski definition) is 0. The van der Waals surface area contributed by atoms with Crippen LogP contribution in [-0.4, -0.2) is 28.8 Å². The SMILES string of the molecule is CN1C(=O)CC[C@]2(C)[C@H]3CC[C@]4(C)/C(=C/c5ccc([N+](=O)[O-])cc5)CC[C@H]4[C@@H]3CC[C@@H]12. The predicted octanol–water partition coefficient (Wildman–Crippen LogP) is 5.84. The molecule has 0 N–H and O–H groups in total. The van der Waals surface area contributed by atoms with E-state index in [-0.39, 0.29) is 21.4 Å². The number of nitro benzene ring substituents is 1. The number of nitrogens with zero attached hydrogens (tertiary/aromatic N) is 2.